The standard InChI is InChI=1S/C20H20ClNO3S/c1-2-25-20(24)19-18(15-5-3-4-6-16(15)26-19)22-17(23)12-9-13-7-10-14(21)11-8-13/h7-12H,2-6H2,1H3,(H,22,23). The quantitative estimate of drug-likeness (QED) is 0.571. The highest BCUT2D eigenvalue weighted by molar-refractivity contribution is 7.14. The molecule has 0 spiro atoms. The van der Waals surface area contributed by atoms with E-state index in [0.717, 1.165) is 36.8 Å². The van der Waals surface area contributed by atoms with Gasteiger partial charge in [-0.15, -0.1) is 11.3 Å². The highest BCUT2D eigenvalue weighted by Gasteiger charge is 2.26. The molecule has 1 N–H and O–H groups in total. The lowest BCUT2D eigenvalue weighted by Crippen LogP contribution is -2.14. The lowest BCUT2D eigenvalue weighted by Gasteiger charge is -2.13. The Morgan fingerprint density at radius 2 is 1.96 bits per heavy atom. The van der Waals surface area contributed by atoms with Crippen molar-refractivity contribution in [3.05, 3.63) is 56.2 Å². The number of fused-ring (bicyclic) bond motifs is 1. The zero-order chi connectivity index (χ0) is 18.5. The molecule has 26 heavy (non-hydrogen) atoms. The molecule has 0 radical (unpaired) electrons. The molecule has 1 heterocycles. The van der Waals surface area contributed by atoms with Gasteiger partial charge in [-0.1, -0.05) is 23.7 Å². The van der Waals surface area contributed by atoms with Crippen LogP contribution in [-0.4, -0.2) is 18.5 Å². The minimum absolute atomic E-state index is 0.267. The molecule has 0 bridgehead atoms. The number of thiophene rings is 1. The molecule has 0 atom stereocenters. The fourth-order valence-electron chi connectivity index (χ4n) is 2.95. The van der Waals surface area contributed by atoms with E-state index in [1.807, 2.05) is 12.1 Å². The summed E-state index contributed by atoms with van der Waals surface area (Å²) in [6.07, 6.45) is 7.18. The Morgan fingerprint density at radius 1 is 1.23 bits per heavy atom. The molecule has 0 saturated carbocycles. The fraction of sp³-hybridized carbons (Fsp3) is 0.300. The van der Waals surface area contributed by atoms with Crippen LogP contribution in [0.2, 0.25) is 5.02 Å². The van der Waals surface area contributed by atoms with Gasteiger partial charge in [0, 0.05) is 16.0 Å². The fourth-order valence-corrected chi connectivity index (χ4v) is 4.31. The second-order valence-corrected chi connectivity index (χ2v) is 7.55. The summed E-state index contributed by atoms with van der Waals surface area (Å²) in [4.78, 5) is 26.3. The van der Waals surface area contributed by atoms with Gasteiger partial charge in [0.2, 0.25) is 5.91 Å². The number of carbonyl (C=O) groups excluding carboxylic acids is 2. The van der Waals surface area contributed by atoms with E-state index in [1.165, 1.54) is 22.3 Å². The molecule has 4 nitrogen and oxygen atoms in total. The van der Waals surface area contributed by atoms with Crippen LogP contribution >= 0.6 is 22.9 Å². The molecule has 1 aliphatic rings. The second-order valence-electron chi connectivity index (χ2n) is 6.01. The van der Waals surface area contributed by atoms with Crippen LogP contribution < -0.4 is 5.32 Å². The number of anilines is 1. The van der Waals surface area contributed by atoms with Crippen LogP contribution in [0.25, 0.3) is 6.08 Å². The molecule has 3 rings (SSSR count). The molecule has 1 aliphatic carbocycles. The maximum atomic E-state index is 12.4. The van der Waals surface area contributed by atoms with Gasteiger partial charge in [-0.2, -0.15) is 0 Å². The first-order valence-electron chi connectivity index (χ1n) is 8.64. The maximum Gasteiger partial charge on any atom is 0.350 e. The summed E-state index contributed by atoms with van der Waals surface area (Å²) in [5, 5.41) is 3.55. The van der Waals surface area contributed by atoms with Gasteiger partial charge in [-0.3, -0.25) is 4.79 Å². The molecule has 1 aromatic carbocycles. The van der Waals surface area contributed by atoms with Crippen LogP contribution in [0.5, 0.6) is 0 Å². The minimum atomic E-state index is -0.371. The Morgan fingerprint density at radius 3 is 2.69 bits per heavy atom. The van der Waals surface area contributed by atoms with E-state index in [4.69, 9.17) is 16.3 Å². The zero-order valence-corrected chi connectivity index (χ0v) is 16.1. The number of ether oxygens (including phenoxy) is 1. The smallest absolute Gasteiger partial charge is 0.350 e. The first kappa shape index (κ1) is 18.7. The predicted octanol–water partition coefficient (Wildman–Crippen LogP) is 5.11. The maximum absolute atomic E-state index is 12.4. The second kappa shape index (κ2) is 8.52. The summed E-state index contributed by atoms with van der Waals surface area (Å²) in [6.45, 7) is 2.09. The van der Waals surface area contributed by atoms with Gasteiger partial charge < -0.3 is 10.1 Å². The third-order valence-electron chi connectivity index (χ3n) is 4.18. The average molecular weight is 390 g/mol. The number of benzene rings is 1. The molecular formula is C20H20ClNO3S. The molecule has 0 saturated heterocycles. The molecule has 0 unspecified atom stereocenters. The number of hydrogen-bond donors (Lipinski definition) is 1. The molecule has 2 aromatic rings. The lowest BCUT2D eigenvalue weighted by molar-refractivity contribution is -0.111. The normalized spacial score (nSPS) is 13.5. The van der Waals surface area contributed by atoms with Crippen molar-refractivity contribution in [2.45, 2.75) is 32.6 Å². The number of carbonyl (C=O) groups is 2. The van der Waals surface area contributed by atoms with Gasteiger partial charge in [0.15, 0.2) is 0 Å². The van der Waals surface area contributed by atoms with Gasteiger partial charge >= 0.3 is 5.97 Å². The van der Waals surface area contributed by atoms with Crippen LogP contribution in [0.15, 0.2) is 30.3 Å². The van der Waals surface area contributed by atoms with Crippen molar-refractivity contribution in [2.24, 2.45) is 0 Å². The predicted molar refractivity (Wildman–Crippen MR) is 106 cm³/mol. The molecule has 0 fully saturated rings. The Labute approximate surface area is 161 Å². The average Bonchev–Trinajstić information content (AvgIpc) is 3.00. The largest absolute Gasteiger partial charge is 0.462 e. The first-order valence-corrected chi connectivity index (χ1v) is 9.84. The molecule has 136 valence electrons. The van der Waals surface area contributed by atoms with E-state index >= 15 is 0 Å². The van der Waals surface area contributed by atoms with Crippen molar-refractivity contribution in [3.8, 4) is 0 Å². The number of amides is 1. The molecule has 6 heteroatoms. The van der Waals surface area contributed by atoms with Crippen molar-refractivity contribution in [1.29, 1.82) is 0 Å². The van der Waals surface area contributed by atoms with E-state index < -0.39 is 0 Å². The number of rotatable bonds is 5. The van der Waals surface area contributed by atoms with Crippen LogP contribution in [0.3, 0.4) is 0 Å². The topological polar surface area (TPSA) is 55.4 Å². The Balaban J connectivity index is 1.81. The summed E-state index contributed by atoms with van der Waals surface area (Å²) in [7, 11) is 0. The Kier molecular flexibility index (Phi) is 6.12. The number of aryl methyl sites for hydroxylation is 1. The molecule has 1 aromatic heterocycles. The van der Waals surface area contributed by atoms with Crippen LogP contribution in [0.4, 0.5) is 5.69 Å². The van der Waals surface area contributed by atoms with Gasteiger partial charge in [-0.25, -0.2) is 4.79 Å². The monoisotopic (exact) mass is 389 g/mol. The van der Waals surface area contributed by atoms with Gasteiger partial charge in [0.1, 0.15) is 4.88 Å². The SMILES string of the molecule is CCOC(=O)c1sc2c(c1NC(=O)C=Cc1ccc(Cl)cc1)CCCC2. The Hall–Kier alpha value is -2.11. The number of esters is 1. The molecule has 0 aliphatic heterocycles. The summed E-state index contributed by atoms with van der Waals surface area (Å²) < 4.78 is 5.16. The molecule has 1 amide bonds. The van der Waals surface area contributed by atoms with Crippen molar-refractivity contribution in [2.75, 3.05) is 11.9 Å². The van der Waals surface area contributed by atoms with E-state index in [-0.39, 0.29) is 11.9 Å². The number of nitrogens with one attached hydrogen (secondary N) is 1. The van der Waals surface area contributed by atoms with Crippen LogP contribution in [-0.2, 0) is 22.4 Å². The highest BCUT2D eigenvalue weighted by atomic mass is 35.5. The van der Waals surface area contributed by atoms with Crippen molar-refractivity contribution in [3.63, 3.8) is 0 Å². The van der Waals surface area contributed by atoms with Crippen LogP contribution in [0.1, 0.15) is 45.4 Å². The van der Waals surface area contributed by atoms with E-state index in [1.54, 1.807) is 25.1 Å². The number of halogens is 1. The van der Waals surface area contributed by atoms with E-state index in [2.05, 4.69) is 5.32 Å². The lowest BCUT2D eigenvalue weighted by atomic mass is 9.97. The van der Waals surface area contributed by atoms with Gasteiger partial charge in [0.05, 0.1) is 12.3 Å². The summed E-state index contributed by atoms with van der Waals surface area (Å²) in [5.41, 5.74) is 2.58. The van der Waals surface area contributed by atoms with Crippen molar-refractivity contribution >= 4 is 46.6 Å². The van der Waals surface area contributed by atoms with Crippen molar-refractivity contribution < 1.29 is 14.3 Å². The van der Waals surface area contributed by atoms with Crippen molar-refractivity contribution in [1.82, 2.24) is 0 Å². The third kappa shape index (κ3) is 4.34. The van der Waals surface area contributed by atoms with E-state index in [9.17, 15) is 9.59 Å². The first-order chi connectivity index (χ1) is 12.6. The van der Waals surface area contributed by atoms with Crippen LogP contribution in [0, 0.1) is 0 Å². The summed E-state index contributed by atoms with van der Waals surface area (Å²) in [5.74, 6) is -0.638. The zero-order valence-electron chi connectivity index (χ0n) is 14.5. The molecular weight excluding hydrogens is 370 g/mol. The highest BCUT2D eigenvalue weighted by Crippen LogP contribution is 2.38. The minimum Gasteiger partial charge on any atom is -0.462 e. The summed E-state index contributed by atoms with van der Waals surface area (Å²) in [6, 6.07) is 7.21. The third-order valence-corrected chi connectivity index (χ3v) is 5.70. The Bertz CT molecular complexity index is 839. The van der Waals surface area contributed by atoms with Gasteiger partial charge in [-0.05, 0) is 61.9 Å². The summed E-state index contributed by atoms with van der Waals surface area (Å²) >= 11 is 7.30. The van der Waals surface area contributed by atoms with E-state index in [0.29, 0.717) is 22.2 Å². The number of hydrogen-bond acceptors (Lipinski definition) is 4. The van der Waals surface area contributed by atoms with Gasteiger partial charge in [0.25, 0.3) is 0 Å².